The minimum Gasteiger partial charge on any atom is -0.480 e. The fraction of sp³-hybridized carbons (Fsp3) is 0.0667. The molecule has 0 saturated heterocycles. The van der Waals surface area contributed by atoms with Crippen molar-refractivity contribution in [2.45, 2.75) is 0 Å². The highest BCUT2D eigenvalue weighted by Gasteiger charge is 2.09. The molecular formula is C15H10Cl2O. The van der Waals surface area contributed by atoms with Crippen LogP contribution >= 0.6 is 23.2 Å². The van der Waals surface area contributed by atoms with Crippen LogP contribution in [0.2, 0.25) is 10.0 Å². The number of halogens is 2. The van der Waals surface area contributed by atoms with E-state index >= 15 is 0 Å². The second-order valence-electron chi connectivity index (χ2n) is 3.61. The van der Waals surface area contributed by atoms with Crippen LogP contribution in [-0.2, 0) is 0 Å². The average Bonchev–Trinajstić information content (AvgIpc) is 2.37. The third kappa shape index (κ3) is 2.79. The number of ether oxygens (including phenoxy) is 1. The van der Waals surface area contributed by atoms with E-state index in [1.54, 1.807) is 12.1 Å². The topological polar surface area (TPSA) is 9.23 Å². The van der Waals surface area contributed by atoms with E-state index in [0.717, 1.165) is 11.1 Å². The largest absolute Gasteiger partial charge is 0.480 e. The van der Waals surface area contributed by atoms with Crippen LogP contribution in [0.4, 0.5) is 0 Å². The Kier molecular flexibility index (Phi) is 4.15. The lowest BCUT2D eigenvalue weighted by molar-refractivity contribution is 0.372. The van der Waals surface area contributed by atoms with Gasteiger partial charge in [-0.25, -0.2) is 0 Å². The van der Waals surface area contributed by atoms with Crippen LogP contribution in [0.25, 0.3) is 11.1 Å². The fourth-order valence-corrected chi connectivity index (χ4v) is 2.15. The molecule has 1 nitrogen and oxygen atoms in total. The summed E-state index contributed by atoms with van der Waals surface area (Å²) < 4.78 is 5.50. The molecule has 2 aromatic rings. The minimum atomic E-state index is 0.224. The number of para-hydroxylation sites is 1. The summed E-state index contributed by atoms with van der Waals surface area (Å²) in [5.41, 5.74) is 1.77. The summed E-state index contributed by atoms with van der Waals surface area (Å²) in [5, 5.41) is 1.19. The van der Waals surface area contributed by atoms with E-state index in [0.29, 0.717) is 15.8 Å². The number of hydrogen-bond donors (Lipinski definition) is 0. The molecule has 0 unspecified atom stereocenters. The Labute approximate surface area is 116 Å². The molecule has 0 aromatic heterocycles. The van der Waals surface area contributed by atoms with Crippen LogP contribution in [0.5, 0.6) is 5.75 Å². The van der Waals surface area contributed by atoms with Gasteiger partial charge in [-0.3, -0.25) is 0 Å². The first-order valence-corrected chi connectivity index (χ1v) is 6.08. The number of rotatable bonds is 3. The molecular weight excluding hydrogens is 267 g/mol. The molecule has 90 valence electrons. The zero-order valence-electron chi connectivity index (χ0n) is 9.49. The highest BCUT2D eigenvalue weighted by atomic mass is 35.5. The summed E-state index contributed by atoms with van der Waals surface area (Å²) in [4.78, 5) is 0. The molecule has 0 heterocycles. The number of benzene rings is 2. The van der Waals surface area contributed by atoms with Crippen LogP contribution in [0.1, 0.15) is 0 Å². The monoisotopic (exact) mass is 276 g/mol. The maximum atomic E-state index is 6.19. The first kappa shape index (κ1) is 12.8. The summed E-state index contributed by atoms with van der Waals surface area (Å²) >= 11 is 12.1. The zero-order chi connectivity index (χ0) is 13.0. The fourth-order valence-electron chi connectivity index (χ4n) is 1.64. The van der Waals surface area contributed by atoms with Crippen molar-refractivity contribution in [2.24, 2.45) is 0 Å². The van der Waals surface area contributed by atoms with E-state index < -0.39 is 0 Å². The Morgan fingerprint density at radius 3 is 2.56 bits per heavy atom. The number of hydrogen-bond acceptors (Lipinski definition) is 1. The molecule has 2 aromatic carbocycles. The van der Waals surface area contributed by atoms with E-state index in [2.05, 4.69) is 5.92 Å². The molecule has 0 fully saturated rings. The molecule has 0 atom stereocenters. The van der Waals surface area contributed by atoms with Crippen molar-refractivity contribution in [1.29, 1.82) is 0 Å². The molecule has 0 radical (unpaired) electrons. The first-order chi connectivity index (χ1) is 8.72. The summed E-state index contributed by atoms with van der Waals surface area (Å²) in [5.74, 6) is 3.15. The van der Waals surface area contributed by atoms with Crippen molar-refractivity contribution in [3.05, 3.63) is 52.5 Å². The van der Waals surface area contributed by atoms with Crippen molar-refractivity contribution < 1.29 is 4.74 Å². The lowest BCUT2D eigenvalue weighted by atomic mass is 10.0. The molecule has 0 saturated carbocycles. The van der Waals surface area contributed by atoms with E-state index in [1.807, 2.05) is 30.3 Å². The molecule has 3 heteroatoms. The third-order valence-corrected chi connectivity index (χ3v) is 2.97. The van der Waals surface area contributed by atoms with Crippen molar-refractivity contribution >= 4 is 23.2 Å². The van der Waals surface area contributed by atoms with Crippen LogP contribution in [0.3, 0.4) is 0 Å². The van der Waals surface area contributed by atoms with Gasteiger partial charge in [0.15, 0.2) is 0 Å². The predicted octanol–water partition coefficient (Wildman–Crippen LogP) is 4.67. The smallest absolute Gasteiger partial charge is 0.148 e. The minimum absolute atomic E-state index is 0.224. The van der Waals surface area contributed by atoms with Gasteiger partial charge >= 0.3 is 0 Å². The van der Waals surface area contributed by atoms with Gasteiger partial charge in [0.1, 0.15) is 12.4 Å². The Balaban J connectivity index is 2.47. The van der Waals surface area contributed by atoms with Crippen molar-refractivity contribution in [3.63, 3.8) is 0 Å². The standard InChI is InChI=1S/C15H10Cl2O/c1-2-9-18-15-6-4-3-5-13(15)12-8-7-11(16)10-14(12)17/h1,3-8,10H,9H2. The molecule has 0 N–H and O–H groups in total. The second kappa shape index (κ2) is 5.82. The lowest BCUT2D eigenvalue weighted by Gasteiger charge is -2.11. The quantitative estimate of drug-likeness (QED) is 0.740. The highest BCUT2D eigenvalue weighted by molar-refractivity contribution is 6.36. The molecule has 0 bridgehead atoms. The van der Waals surface area contributed by atoms with E-state index in [4.69, 9.17) is 34.4 Å². The van der Waals surface area contributed by atoms with Gasteiger partial charge < -0.3 is 4.74 Å². The summed E-state index contributed by atoms with van der Waals surface area (Å²) in [7, 11) is 0. The Morgan fingerprint density at radius 1 is 1.06 bits per heavy atom. The molecule has 0 aliphatic heterocycles. The lowest BCUT2D eigenvalue weighted by Crippen LogP contribution is -1.95. The van der Waals surface area contributed by atoms with E-state index in [1.165, 1.54) is 0 Å². The third-order valence-electron chi connectivity index (χ3n) is 2.42. The molecule has 0 amide bonds. The average molecular weight is 277 g/mol. The number of terminal acetylenes is 1. The molecule has 18 heavy (non-hydrogen) atoms. The van der Waals surface area contributed by atoms with Gasteiger partial charge in [0.2, 0.25) is 0 Å². The van der Waals surface area contributed by atoms with Crippen molar-refractivity contribution in [3.8, 4) is 29.2 Å². The molecule has 0 aliphatic carbocycles. The van der Waals surface area contributed by atoms with Gasteiger partial charge in [0.05, 0.1) is 5.02 Å². The first-order valence-electron chi connectivity index (χ1n) is 5.33. The summed E-state index contributed by atoms with van der Waals surface area (Å²) in [6.45, 7) is 0.224. The molecule has 0 aliphatic rings. The predicted molar refractivity (Wildman–Crippen MR) is 76.2 cm³/mol. The van der Waals surface area contributed by atoms with Gasteiger partial charge in [-0.15, -0.1) is 6.42 Å². The van der Waals surface area contributed by atoms with Crippen molar-refractivity contribution in [2.75, 3.05) is 6.61 Å². The van der Waals surface area contributed by atoms with Gasteiger partial charge in [-0.05, 0) is 18.2 Å². The molecule has 0 spiro atoms. The second-order valence-corrected chi connectivity index (χ2v) is 4.46. The SMILES string of the molecule is C#CCOc1ccccc1-c1ccc(Cl)cc1Cl. The normalized spacial score (nSPS) is 9.83. The van der Waals surface area contributed by atoms with E-state index in [9.17, 15) is 0 Å². The van der Waals surface area contributed by atoms with Gasteiger partial charge in [-0.2, -0.15) is 0 Å². The van der Waals surface area contributed by atoms with Gasteiger partial charge in [0, 0.05) is 16.1 Å². The van der Waals surface area contributed by atoms with Crippen LogP contribution in [-0.4, -0.2) is 6.61 Å². The Hall–Kier alpha value is -1.62. The maximum absolute atomic E-state index is 6.19. The van der Waals surface area contributed by atoms with Crippen LogP contribution in [0.15, 0.2) is 42.5 Å². The molecule has 2 rings (SSSR count). The highest BCUT2D eigenvalue weighted by Crippen LogP contribution is 2.35. The zero-order valence-corrected chi connectivity index (χ0v) is 11.0. The van der Waals surface area contributed by atoms with E-state index in [-0.39, 0.29) is 6.61 Å². The van der Waals surface area contributed by atoms with Gasteiger partial charge in [-0.1, -0.05) is 53.4 Å². The van der Waals surface area contributed by atoms with Crippen molar-refractivity contribution in [1.82, 2.24) is 0 Å². The summed E-state index contributed by atoms with van der Waals surface area (Å²) in [6, 6.07) is 13.0. The van der Waals surface area contributed by atoms with Gasteiger partial charge in [0.25, 0.3) is 0 Å². The summed E-state index contributed by atoms with van der Waals surface area (Å²) in [6.07, 6.45) is 5.20. The Morgan fingerprint density at radius 2 is 1.83 bits per heavy atom. The van der Waals surface area contributed by atoms with Crippen LogP contribution in [0, 0.1) is 12.3 Å². The Bertz CT molecular complexity index is 600. The van der Waals surface area contributed by atoms with Crippen LogP contribution < -0.4 is 4.74 Å². The maximum Gasteiger partial charge on any atom is 0.148 e.